The maximum atomic E-state index is 12.4. The fraction of sp³-hybridized carbons (Fsp3) is 0.438. The summed E-state index contributed by atoms with van der Waals surface area (Å²) in [6, 6.07) is 6.15. The standard InChI is InChI=1S/C16H19N3OS/c1-12-4-2-6-14(18-12)8-13-5-3-7-19(9-13)16(20)15-10-21-11-17-15/h2,4,6,10-11,13H,3,5,7-9H2,1H3/t13-/m0/s1. The van der Waals surface area contributed by atoms with Gasteiger partial charge in [-0.3, -0.25) is 9.78 Å². The van der Waals surface area contributed by atoms with E-state index < -0.39 is 0 Å². The molecule has 0 unspecified atom stereocenters. The third kappa shape index (κ3) is 3.47. The maximum Gasteiger partial charge on any atom is 0.273 e. The normalized spacial score (nSPS) is 18.7. The monoisotopic (exact) mass is 301 g/mol. The summed E-state index contributed by atoms with van der Waals surface area (Å²) >= 11 is 1.47. The van der Waals surface area contributed by atoms with Gasteiger partial charge in [0.05, 0.1) is 5.51 Å². The lowest BCUT2D eigenvalue weighted by molar-refractivity contribution is 0.0667. The lowest BCUT2D eigenvalue weighted by Crippen LogP contribution is -2.40. The van der Waals surface area contributed by atoms with Crippen LogP contribution in [0.25, 0.3) is 0 Å². The zero-order chi connectivity index (χ0) is 14.7. The van der Waals surface area contributed by atoms with Gasteiger partial charge in [0.2, 0.25) is 0 Å². The predicted molar refractivity (Wildman–Crippen MR) is 83.4 cm³/mol. The van der Waals surface area contributed by atoms with Crippen molar-refractivity contribution >= 4 is 17.2 Å². The van der Waals surface area contributed by atoms with Crippen molar-refractivity contribution in [1.82, 2.24) is 14.9 Å². The molecule has 0 N–H and O–H groups in total. The maximum absolute atomic E-state index is 12.4. The van der Waals surface area contributed by atoms with Crippen molar-refractivity contribution in [3.05, 3.63) is 46.2 Å². The minimum Gasteiger partial charge on any atom is -0.337 e. The number of carbonyl (C=O) groups excluding carboxylic acids is 1. The van der Waals surface area contributed by atoms with Crippen LogP contribution in [0.1, 0.15) is 34.7 Å². The summed E-state index contributed by atoms with van der Waals surface area (Å²) in [6.07, 6.45) is 3.17. The SMILES string of the molecule is Cc1cccc(C[C@@H]2CCCN(C(=O)c3cscn3)C2)n1. The van der Waals surface area contributed by atoms with Crippen LogP contribution in [0, 0.1) is 12.8 Å². The van der Waals surface area contributed by atoms with Gasteiger partial charge in [-0.15, -0.1) is 11.3 Å². The van der Waals surface area contributed by atoms with Crippen molar-refractivity contribution in [1.29, 1.82) is 0 Å². The molecule has 0 saturated carbocycles. The molecule has 0 aliphatic carbocycles. The average Bonchev–Trinajstić information content (AvgIpc) is 3.01. The number of hydrogen-bond donors (Lipinski definition) is 0. The molecule has 0 spiro atoms. The average molecular weight is 301 g/mol. The molecule has 4 nitrogen and oxygen atoms in total. The summed E-state index contributed by atoms with van der Waals surface area (Å²) in [4.78, 5) is 23.0. The Labute approximate surface area is 128 Å². The van der Waals surface area contributed by atoms with Crippen molar-refractivity contribution < 1.29 is 4.79 Å². The van der Waals surface area contributed by atoms with E-state index in [9.17, 15) is 4.79 Å². The first-order valence-corrected chi connectivity index (χ1v) is 8.26. The molecule has 21 heavy (non-hydrogen) atoms. The number of nitrogens with zero attached hydrogens (tertiary/aromatic N) is 3. The number of piperidine rings is 1. The Hall–Kier alpha value is -1.75. The van der Waals surface area contributed by atoms with Gasteiger partial charge >= 0.3 is 0 Å². The number of rotatable bonds is 3. The van der Waals surface area contributed by atoms with Crippen LogP contribution < -0.4 is 0 Å². The van der Waals surface area contributed by atoms with Crippen molar-refractivity contribution in [2.45, 2.75) is 26.2 Å². The van der Waals surface area contributed by atoms with Crippen LogP contribution in [0.15, 0.2) is 29.1 Å². The van der Waals surface area contributed by atoms with Gasteiger partial charge in [0.15, 0.2) is 0 Å². The molecule has 0 aromatic carbocycles. The van der Waals surface area contributed by atoms with Gasteiger partial charge in [0.25, 0.3) is 5.91 Å². The molecule has 1 atom stereocenters. The van der Waals surface area contributed by atoms with E-state index in [2.05, 4.69) is 22.1 Å². The number of amides is 1. The molecule has 5 heteroatoms. The van der Waals surface area contributed by atoms with Gasteiger partial charge < -0.3 is 4.90 Å². The second-order valence-corrected chi connectivity index (χ2v) is 6.33. The molecule has 0 radical (unpaired) electrons. The molecule has 1 aliphatic heterocycles. The van der Waals surface area contributed by atoms with Crippen molar-refractivity contribution in [2.75, 3.05) is 13.1 Å². The molecule has 1 fully saturated rings. The third-order valence-electron chi connectivity index (χ3n) is 3.90. The first-order valence-electron chi connectivity index (χ1n) is 7.32. The Morgan fingerprint density at radius 1 is 1.48 bits per heavy atom. The minimum absolute atomic E-state index is 0.0677. The summed E-state index contributed by atoms with van der Waals surface area (Å²) in [7, 11) is 0. The fourth-order valence-electron chi connectivity index (χ4n) is 2.91. The first-order chi connectivity index (χ1) is 10.2. The number of thiazole rings is 1. The highest BCUT2D eigenvalue weighted by Crippen LogP contribution is 2.21. The molecule has 3 heterocycles. The number of aryl methyl sites for hydroxylation is 1. The zero-order valence-corrected chi connectivity index (χ0v) is 13.0. The predicted octanol–water partition coefficient (Wildman–Crippen LogP) is 2.94. The van der Waals surface area contributed by atoms with Crippen molar-refractivity contribution in [2.24, 2.45) is 5.92 Å². The number of pyridine rings is 1. The molecule has 0 bridgehead atoms. The highest BCUT2D eigenvalue weighted by atomic mass is 32.1. The summed E-state index contributed by atoms with van der Waals surface area (Å²) in [5, 5.41) is 1.83. The van der Waals surface area contributed by atoms with Crippen LogP contribution >= 0.6 is 11.3 Å². The highest BCUT2D eigenvalue weighted by molar-refractivity contribution is 7.07. The molecule has 110 valence electrons. The van der Waals surface area contributed by atoms with E-state index >= 15 is 0 Å². The molecular formula is C16H19N3OS. The van der Waals surface area contributed by atoms with Crippen LogP contribution in [0.2, 0.25) is 0 Å². The molecule has 3 rings (SSSR count). The van der Waals surface area contributed by atoms with Crippen LogP contribution in [0.3, 0.4) is 0 Å². The molecule has 1 amide bonds. The van der Waals surface area contributed by atoms with E-state index in [1.807, 2.05) is 23.3 Å². The Balaban J connectivity index is 1.64. The summed E-state index contributed by atoms with van der Waals surface area (Å²) < 4.78 is 0. The smallest absolute Gasteiger partial charge is 0.273 e. The van der Waals surface area contributed by atoms with E-state index in [0.29, 0.717) is 11.6 Å². The number of carbonyl (C=O) groups is 1. The third-order valence-corrected chi connectivity index (χ3v) is 4.49. The van der Waals surface area contributed by atoms with Crippen molar-refractivity contribution in [3.63, 3.8) is 0 Å². The zero-order valence-electron chi connectivity index (χ0n) is 12.2. The first kappa shape index (κ1) is 14.2. The van der Waals surface area contributed by atoms with E-state index in [-0.39, 0.29) is 5.91 Å². The van der Waals surface area contributed by atoms with Gasteiger partial charge in [-0.1, -0.05) is 6.07 Å². The molecule has 1 saturated heterocycles. The lowest BCUT2D eigenvalue weighted by Gasteiger charge is -2.32. The Bertz CT molecular complexity index is 612. The molecular weight excluding hydrogens is 282 g/mol. The molecule has 2 aromatic rings. The Morgan fingerprint density at radius 2 is 2.38 bits per heavy atom. The van der Waals surface area contributed by atoms with Crippen LogP contribution in [-0.2, 0) is 6.42 Å². The van der Waals surface area contributed by atoms with Crippen molar-refractivity contribution in [3.8, 4) is 0 Å². The number of hydrogen-bond acceptors (Lipinski definition) is 4. The quantitative estimate of drug-likeness (QED) is 0.875. The van der Waals surface area contributed by atoms with Crippen LogP contribution in [0.4, 0.5) is 0 Å². The minimum atomic E-state index is 0.0677. The van der Waals surface area contributed by atoms with Crippen LogP contribution in [0.5, 0.6) is 0 Å². The molecule has 1 aliphatic rings. The summed E-state index contributed by atoms with van der Waals surface area (Å²) in [6.45, 7) is 3.67. The van der Waals surface area contributed by atoms with Gasteiger partial charge in [-0.2, -0.15) is 0 Å². The highest BCUT2D eigenvalue weighted by Gasteiger charge is 2.25. The number of likely N-dealkylation sites (tertiary alicyclic amines) is 1. The van der Waals surface area contributed by atoms with E-state index in [1.165, 1.54) is 11.3 Å². The lowest BCUT2D eigenvalue weighted by atomic mass is 9.93. The van der Waals surface area contributed by atoms with Gasteiger partial charge in [0, 0.05) is 29.9 Å². The van der Waals surface area contributed by atoms with E-state index in [1.54, 1.807) is 5.51 Å². The fourth-order valence-corrected chi connectivity index (χ4v) is 3.43. The topological polar surface area (TPSA) is 46.1 Å². The van der Waals surface area contributed by atoms with Gasteiger partial charge in [0.1, 0.15) is 5.69 Å². The van der Waals surface area contributed by atoms with E-state index in [0.717, 1.165) is 43.7 Å². The van der Waals surface area contributed by atoms with Crippen LogP contribution in [-0.4, -0.2) is 33.9 Å². The summed E-state index contributed by atoms with van der Waals surface area (Å²) in [5.74, 6) is 0.564. The summed E-state index contributed by atoms with van der Waals surface area (Å²) in [5.41, 5.74) is 4.47. The Kier molecular flexibility index (Phi) is 4.29. The largest absolute Gasteiger partial charge is 0.337 e. The van der Waals surface area contributed by atoms with Gasteiger partial charge in [-0.25, -0.2) is 4.98 Å². The Morgan fingerprint density at radius 3 is 3.14 bits per heavy atom. The van der Waals surface area contributed by atoms with Gasteiger partial charge in [-0.05, 0) is 44.2 Å². The number of aromatic nitrogens is 2. The second kappa shape index (κ2) is 6.35. The van der Waals surface area contributed by atoms with E-state index in [4.69, 9.17) is 0 Å². The second-order valence-electron chi connectivity index (χ2n) is 5.61. The molecule has 2 aromatic heterocycles.